The minimum atomic E-state index is -1.82. The van der Waals surface area contributed by atoms with Crippen molar-refractivity contribution in [3.8, 4) is 0 Å². The molecule has 0 saturated carbocycles. The molecule has 16 heteroatoms. The maximum absolute atomic E-state index is 12.9. The number of amides is 5. The number of carboxylic acid groups (broad SMARTS) is 2. The molecule has 0 rings (SSSR count). The number of aliphatic hydroxyl groups excluding tert-OH is 1. The fourth-order valence-electron chi connectivity index (χ4n) is 3.28. The Balaban J connectivity index is 5.73. The molecule has 0 saturated heterocycles. The maximum Gasteiger partial charge on any atom is 0.326 e. The van der Waals surface area contributed by atoms with E-state index in [1.807, 2.05) is 0 Å². The number of aliphatic carboxylic acids is 2. The quantitative estimate of drug-likeness (QED) is 0.0803. The van der Waals surface area contributed by atoms with E-state index in [4.69, 9.17) is 11.5 Å². The summed E-state index contributed by atoms with van der Waals surface area (Å²) in [5.74, 6) is -8.49. The number of aliphatic hydroxyl groups is 1. The molecular weight excluding hydrogens is 520 g/mol. The van der Waals surface area contributed by atoms with Gasteiger partial charge in [-0.25, -0.2) is 4.79 Å². The Hall–Kier alpha value is -3.79. The van der Waals surface area contributed by atoms with E-state index >= 15 is 0 Å². The molecule has 0 aromatic rings. The molecule has 0 aliphatic heterocycles. The molecule has 222 valence electrons. The van der Waals surface area contributed by atoms with Crippen molar-refractivity contribution in [2.24, 2.45) is 23.3 Å². The van der Waals surface area contributed by atoms with Crippen molar-refractivity contribution in [3.05, 3.63) is 0 Å². The van der Waals surface area contributed by atoms with Crippen LogP contribution in [0.5, 0.6) is 0 Å². The van der Waals surface area contributed by atoms with Crippen LogP contribution in [0.1, 0.15) is 53.4 Å². The second-order valence-electron chi connectivity index (χ2n) is 9.57. The van der Waals surface area contributed by atoms with Crippen LogP contribution < -0.4 is 32.7 Å². The van der Waals surface area contributed by atoms with Crippen LogP contribution in [-0.4, -0.2) is 93.6 Å². The Labute approximate surface area is 225 Å². The van der Waals surface area contributed by atoms with Crippen molar-refractivity contribution < 1.29 is 48.9 Å². The third-order valence-corrected chi connectivity index (χ3v) is 5.75. The summed E-state index contributed by atoms with van der Waals surface area (Å²) in [6.07, 6.45) is -1.16. The van der Waals surface area contributed by atoms with Crippen LogP contribution in [0.4, 0.5) is 0 Å². The number of hydrogen-bond acceptors (Lipinski definition) is 9. The van der Waals surface area contributed by atoms with E-state index in [2.05, 4.69) is 21.3 Å². The van der Waals surface area contributed by atoms with Crippen LogP contribution in [-0.2, 0) is 33.6 Å². The Kier molecular flexibility index (Phi) is 15.3. The minimum absolute atomic E-state index is 0.0327. The van der Waals surface area contributed by atoms with Gasteiger partial charge < -0.3 is 48.1 Å². The number of rotatable bonds is 18. The number of nitrogens with one attached hydrogen (secondary N) is 4. The van der Waals surface area contributed by atoms with Crippen LogP contribution in [0.2, 0.25) is 0 Å². The molecule has 16 nitrogen and oxygen atoms in total. The van der Waals surface area contributed by atoms with E-state index < -0.39 is 91.1 Å². The standard InChI is InChI=1S/C23H40N6O10/c1-5-11(4)18(25)22(37)29-15(9-30)21(36)27-13(8-17(32)33)20(35)26-12(7-16(24)31)19(34)28-14(23(38)39)6-10(2)3/h10-15,18,30H,5-9,25H2,1-4H3,(H2,24,31)(H,26,35)(H,27,36)(H,28,34)(H,29,37)(H,32,33)(H,38,39)/t11-,12-,13-,14-,15-,18-/m0/s1. The Morgan fingerprint density at radius 2 is 1.15 bits per heavy atom. The van der Waals surface area contributed by atoms with Crippen LogP contribution >= 0.6 is 0 Å². The molecule has 0 aromatic heterocycles. The van der Waals surface area contributed by atoms with Gasteiger partial charge in [-0.2, -0.15) is 0 Å². The lowest BCUT2D eigenvalue weighted by atomic mass is 9.99. The first-order valence-corrected chi connectivity index (χ1v) is 12.3. The molecule has 0 aliphatic carbocycles. The summed E-state index contributed by atoms with van der Waals surface area (Å²) in [6.45, 7) is 6.01. The first-order valence-electron chi connectivity index (χ1n) is 12.3. The average molecular weight is 561 g/mol. The lowest BCUT2D eigenvalue weighted by Crippen LogP contribution is -2.60. The third-order valence-electron chi connectivity index (χ3n) is 5.75. The van der Waals surface area contributed by atoms with Gasteiger partial charge in [0.05, 0.1) is 25.5 Å². The van der Waals surface area contributed by atoms with Gasteiger partial charge in [0.25, 0.3) is 0 Å². The van der Waals surface area contributed by atoms with Crippen molar-refractivity contribution in [1.29, 1.82) is 0 Å². The highest BCUT2D eigenvalue weighted by Gasteiger charge is 2.33. The summed E-state index contributed by atoms with van der Waals surface area (Å²) in [7, 11) is 0. The first-order chi connectivity index (χ1) is 18.0. The summed E-state index contributed by atoms with van der Waals surface area (Å²) in [5, 5.41) is 36.8. The lowest BCUT2D eigenvalue weighted by Gasteiger charge is -2.25. The maximum atomic E-state index is 12.9. The van der Waals surface area contributed by atoms with Gasteiger partial charge >= 0.3 is 11.9 Å². The predicted molar refractivity (Wildman–Crippen MR) is 135 cm³/mol. The number of carbonyl (C=O) groups excluding carboxylic acids is 5. The van der Waals surface area contributed by atoms with E-state index in [0.717, 1.165) is 0 Å². The van der Waals surface area contributed by atoms with Gasteiger partial charge in [-0.15, -0.1) is 0 Å². The Morgan fingerprint density at radius 3 is 1.54 bits per heavy atom. The molecule has 39 heavy (non-hydrogen) atoms. The van der Waals surface area contributed by atoms with Crippen LogP contribution in [0.15, 0.2) is 0 Å². The average Bonchev–Trinajstić information content (AvgIpc) is 2.83. The summed E-state index contributed by atoms with van der Waals surface area (Å²) in [4.78, 5) is 84.9. The number of hydrogen-bond donors (Lipinski definition) is 9. The topological polar surface area (TPSA) is 280 Å². The summed E-state index contributed by atoms with van der Waals surface area (Å²) in [5.41, 5.74) is 11.0. The highest BCUT2D eigenvalue weighted by atomic mass is 16.4. The number of primary amides is 1. The molecular formula is C23H40N6O10. The van der Waals surface area contributed by atoms with Gasteiger partial charge in [-0.3, -0.25) is 28.8 Å². The van der Waals surface area contributed by atoms with Crippen LogP contribution in [0.3, 0.4) is 0 Å². The monoisotopic (exact) mass is 560 g/mol. The van der Waals surface area contributed by atoms with Gasteiger partial charge in [0.2, 0.25) is 29.5 Å². The van der Waals surface area contributed by atoms with Crippen molar-refractivity contribution in [1.82, 2.24) is 21.3 Å². The molecule has 11 N–H and O–H groups in total. The van der Waals surface area contributed by atoms with E-state index in [-0.39, 0.29) is 18.3 Å². The van der Waals surface area contributed by atoms with E-state index in [9.17, 15) is 48.9 Å². The van der Waals surface area contributed by atoms with Crippen LogP contribution in [0.25, 0.3) is 0 Å². The fourth-order valence-corrected chi connectivity index (χ4v) is 3.28. The SMILES string of the molecule is CC[C@H](C)[C@H](N)C(=O)N[C@@H](CO)C(=O)N[C@@H](CC(=O)O)C(=O)N[C@@H](CC(N)=O)C(=O)N[C@@H](CC(C)C)C(=O)O. The summed E-state index contributed by atoms with van der Waals surface area (Å²) in [6, 6.07) is -7.46. The predicted octanol–water partition coefficient (Wildman–Crippen LogP) is -3.23. The van der Waals surface area contributed by atoms with E-state index in [0.29, 0.717) is 6.42 Å². The second-order valence-corrected chi connectivity index (χ2v) is 9.57. The normalized spacial score (nSPS) is 15.6. The molecule has 0 spiro atoms. The number of nitrogens with two attached hydrogens (primary N) is 2. The molecule has 0 unspecified atom stereocenters. The van der Waals surface area contributed by atoms with Gasteiger partial charge in [0.1, 0.15) is 24.2 Å². The second kappa shape index (κ2) is 16.9. The zero-order valence-corrected chi connectivity index (χ0v) is 22.4. The lowest BCUT2D eigenvalue weighted by molar-refractivity contribution is -0.144. The van der Waals surface area contributed by atoms with Crippen molar-refractivity contribution in [2.45, 2.75) is 83.6 Å². The number of carbonyl (C=O) groups is 7. The molecule has 0 aromatic carbocycles. The van der Waals surface area contributed by atoms with Gasteiger partial charge in [0.15, 0.2) is 0 Å². The largest absolute Gasteiger partial charge is 0.481 e. The smallest absolute Gasteiger partial charge is 0.326 e. The molecule has 0 aliphatic rings. The summed E-state index contributed by atoms with van der Waals surface area (Å²) < 4.78 is 0. The third kappa shape index (κ3) is 13.0. The molecule has 0 fully saturated rings. The molecule has 0 bridgehead atoms. The molecule has 0 radical (unpaired) electrons. The van der Waals surface area contributed by atoms with E-state index in [1.54, 1.807) is 27.7 Å². The van der Waals surface area contributed by atoms with Gasteiger partial charge in [-0.05, 0) is 18.3 Å². The Morgan fingerprint density at radius 1 is 0.718 bits per heavy atom. The highest BCUT2D eigenvalue weighted by molar-refractivity contribution is 5.98. The first kappa shape index (κ1) is 35.2. The van der Waals surface area contributed by atoms with Crippen molar-refractivity contribution >= 4 is 41.5 Å². The van der Waals surface area contributed by atoms with Gasteiger partial charge in [0, 0.05) is 0 Å². The molecule has 0 heterocycles. The van der Waals surface area contributed by atoms with Crippen LogP contribution in [0, 0.1) is 11.8 Å². The van der Waals surface area contributed by atoms with Crippen molar-refractivity contribution in [2.75, 3.05) is 6.61 Å². The highest BCUT2D eigenvalue weighted by Crippen LogP contribution is 2.07. The zero-order chi connectivity index (χ0) is 30.4. The number of carboxylic acids is 2. The molecule has 6 atom stereocenters. The van der Waals surface area contributed by atoms with E-state index in [1.165, 1.54) is 0 Å². The molecule has 5 amide bonds. The fraction of sp³-hybridized carbons (Fsp3) is 0.696. The Bertz CT molecular complexity index is 912. The van der Waals surface area contributed by atoms with Crippen molar-refractivity contribution in [3.63, 3.8) is 0 Å². The minimum Gasteiger partial charge on any atom is -0.481 e. The van der Waals surface area contributed by atoms with Gasteiger partial charge in [-0.1, -0.05) is 34.1 Å². The zero-order valence-electron chi connectivity index (χ0n) is 22.4. The summed E-state index contributed by atoms with van der Waals surface area (Å²) >= 11 is 0.